The second-order valence-corrected chi connectivity index (χ2v) is 7.71. The van der Waals surface area contributed by atoms with Gasteiger partial charge in [0.1, 0.15) is 12.3 Å². The Morgan fingerprint density at radius 3 is 2.70 bits per heavy atom. The zero-order chi connectivity index (χ0) is 17.0. The molecule has 1 unspecified atom stereocenters. The molecule has 1 atom stereocenters. The summed E-state index contributed by atoms with van der Waals surface area (Å²) in [5.74, 6) is -0.114. The van der Waals surface area contributed by atoms with E-state index in [2.05, 4.69) is 5.32 Å². The van der Waals surface area contributed by atoms with Gasteiger partial charge in [-0.05, 0) is 18.6 Å². The molecule has 1 aliphatic heterocycles. The third kappa shape index (κ3) is 4.69. The minimum absolute atomic E-state index is 0.0545. The number of ether oxygens (including phenoxy) is 1. The van der Waals surface area contributed by atoms with Crippen LogP contribution in [0.2, 0.25) is 0 Å². The lowest BCUT2D eigenvalue weighted by molar-refractivity contribution is -0.134. The van der Waals surface area contributed by atoms with Gasteiger partial charge in [0.15, 0.2) is 9.84 Å². The lowest BCUT2D eigenvalue weighted by atomic mass is 10.2. The van der Waals surface area contributed by atoms with E-state index in [1.807, 2.05) is 0 Å². The number of hydrogen-bond donors (Lipinski definition) is 1. The average molecular weight is 340 g/mol. The van der Waals surface area contributed by atoms with Gasteiger partial charge in [-0.15, -0.1) is 0 Å². The number of sulfone groups is 1. The fraction of sp³-hybridized carbons (Fsp3) is 0.467. The molecule has 1 aliphatic rings. The highest BCUT2D eigenvalue weighted by Crippen LogP contribution is 2.19. The molecule has 1 fully saturated rings. The van der Waals surface area contributed by atoms with Crippen LogP contribution in [0.4, 0.5) is 5.69 Å². The number of methoxy groups -OCH3 is 1. The van der Waals surface area contributed by atoms with E-state index in [1.54, 1.807) is 24.3 Å². The van der Waals surface area contributed by atoms with Crippen molar-refractivity contribution in [1.29, 1.82) is 0 Å². The van der Waals surface area contributed by atoms with Crippen molar-refractivity contribution in [3.63, 3.8) is 0 Å². The molecule has 1 N–H and O–H groups in total. The van der Waals surface area contributed by atoms with Crippen molar-refractivity contribution in [2.45, 2.75) is 19.4 Å². The van der Waals surface area contributed by atoms with E-state index in [0.29, 0.717) is 17.9 Å². The van der Waals surface area contributed by atoms with E-state index >= 15 is 0 Å². The Balaban J connectivity index is 2.02. The fourth-order valence-corrected chi connectivity index (χ4v) is 4.31. The summed E-state index contributed by atoms with van der Waals surface area (Å²) in [4.78, 5) is 25.2. The highest BCUT2D eigenvalue weighted by molar-refractivity contribution is 7.91. The quantitative estimate of drug-likeness (QED) is 0.850. The molecule has 1 aromatic rings. The number of hydrogen-bond acceptors (Lipinski definition) is 5. The van der Waals surface area contributed by atoms with Crippen molar-refractivity contribution in [2.75, 3.05) is 30.5 Å². The number of amides is 2. The Morgan fingerprint density at radius 2 is 2.13 bits per heavy atom. The van der Waals surface area contributed by atoms with Crippen molar-refractivity contribution in [2.24, 2.45) is 0 Å². The molecule has 0 spiro atoms. The van der Waals surface area contributed by atoms with Crippen LogP contribution in [0.1, 0.15) is 13.3 Å². The van der Waals surface area contributed by atoms with Crippen LogP contribution >= 0.6 is 0 Å². The normalized spacial score (nSPS) is 19.1. The summed E-state index contributed by atoms with van der Waals surface area (Å²) < 4.78 is 28.2. The number of nitrogens with one attached hydrogen (secondary N) is 1. The minimum Gasteiger partial charge on any atom is -0.497 e. The largest absolute Gasteiger partial charge is 0.497 e. The predicted molar refractivity (Wildman–Crippen MR) is 86.1 cm³/mol. The van der Waals surface area contributed by atoms with Gasteiger partial charge in [0.2, 0.25) is 11.8 Å². The zero-order valence-electron chi connectivity index (χ0n) is 13.1. The highest BCUT2D eigenvalue weighted by atomic mass is 32.2. The molecule has 0 aromatic heterocycles. The van der Waals surface area contributed by atoms with Gasteiger partial charge in [-0.3, -0.25) is 9.59 Å². The summed E-state index contributed by atoms with van der Waals surface area (Å²) in [5.41, 5.74) is 0.553. The second kappa shape index (κ2) is 6.99. The van der Waals surface area contributed by atoms with Crippen LogP contribution in [0.3, 0.4) is 0 Å². The minimum atomic E-state index is -3.12. The maximum absolute atomic E-state index is 12.1. The molecule has 7 nitrogen and oxygen atoms in total. The molecule has 1 heterocycles. The van der Waals surface area contributed by atoms with Gasteiger partial charge < -0.3 is 15.0 Å². The molecule has 0 radical (unpaired) electrons. The smallest absolute Gasteiger partial charge is 0.244 e. The number of nitrogens with zero attached hydrogens (tertiary/aromatic N) is 1. The van der Waals surface area contributed by atoms with E-state index in [-0.39, 0.29) is 29.9 Å². The third-order valence-corrected chi connectivity index (χ3v) is 5.47. The first-order valence-electron chi connectivity index (χ1n) is 7.22. The lowest BCUT2D eigenvalue weighted by Gasteiger charge is -2.26. The fourth-order valence-electron chi connectivity index (χ4n) is 2.57. The van der Waals surface area contributed by atoms with Crippen molar-refractivity contribution in [3.8, 4) is 5.75 Å². The SMILES string of the molecule is COc1cccc(NC(=O)CN(C(C)=O)C2CCS(=O)(=O)C2)c1. The van der Waals surface area contributed by atoms with Crippen molar-refractivity contribution < 1.29 is 22.7 Å². The van der Waals surface area contributed by atoms with Crippen LogP contribution in [0.25, 0.3) is 0 Å². The van der Waals surface area contributed by atoms with E-state index in [9.17, 15) is 18.0 Å². The summed E-state index contributed by atoms with van der Waals surface area (Å²) in [6.45, 7) is 1.16. The van der Waals surface area contributed by atoms with E-state index < -0.39 is 15.9 Å². The first-order chi connectivity index (χ1) is 10.8. The van der Waals surface area contributed by atoms with Crippen LogP contribution in [-0.4, -0.2) is 56.3 Å². The number of benzene rings is 1. The number of anilines is 1. The van der Waals surface area contributed by atoms with Crippen LogP contribution in [-0.2, 0) is 19.4 Å². The maximum atomic E-state index is 12.1. The first kappa shape index (κ1) is 17.3. The monoisotopic (exact) mass is 340 g/mol. The van der Waals surface area contributed by atoms with Crippen molar-refractivity contribution in [1.82, 2.24) is 4.90 Å². The summed E-state index contributed by atoms with van der Waals surface area (Å²) in [6.07, 6.45) is 0.369. The van der Waals surface area contributed by atoms with Gasteiger partial charge in [-0.1, -0.05) is 6.07 Å². The van der Waals surface area contributed by atoms with Crippen LogP contribution in [0.5, 0.6) is 5.75 Å². The molecule has 2 rings (SSSR count). The second-order valence-electron chi connectivity index (χ2n) is 5.48. The summed E-state index contributed by atoms with van der Waals surface area (Å²) in [5, 5.41) is 2.68. The van der Waals surface area contributed by atoms with Gasteiger partial charge in [0, 0.05) is 24.7 Å². The van der Waals surface area contributed by atoms with Crippen LogP contribution < -0.4 is 10.1 Å². The molecule has 1 aromatic carbocycles. The molecular formula is C15H20N2O5S. The van der Waals surface area contributed by atoms with Crippen molar-refractivity contribution >= 4 is 27.3 Å². The molecule has 1 saturated heterocycles. The van der Waals surface area contributed by atoms with E-state index in [4.69, 9.17) is 4.74 Å². The Kier molecular flexibility index (Phi) is 5.25. The Hall–Kier alpha value is -2.09. The molecule has 23 heavy (non-hydrogen) atoms. The molecule has 0 saturated carbocycles. The van der Waals surface area contributed by atoms with Gasteiger partial charge >= 0.3 is 0 Å². The standard InChI is InChI=1S/C15H20N2O5S/c1-11(18)17(13-6-7-23(20,21)10-13)9-15(19)16-12-4-3-5-14(8-12)22-2/h3-5,8,13H,6-7,9-10H2,1-2H3,(H,16,19). The molecule has 0 aliphatic carbocycles. The number of carbonyl (C=O) groups excluding carboxylic acids is 2. The van der Waals surface area contributed by atoms with Crippen LogP contribution in [0, 0.1) is 0 Å². The zero-order valence-corrected chi connectivity index (χ0v) is 13.9. The first-order valence-corrected chi connectivity index (χ1v) is 9.04. The molecule has 2 amide bonds. The highest BCUT2D eigenvalue weighted by Gasteiger charge is 2.34. The van der Waals surface area contributed by atoms with Crippen LogP contribution in [0.15, 0.2) is 24.3 Å². The number of rotatable bonds is 5. The summed E-state index contributed by atoms with van der Waals surface area (Å²) in [6, 6.07) is 6.42. The predicted octanol–water partition coefficient (Wildman–Crippen LogP) is 0.669. The molecule has 8 heteroatoms. The topological polar surface area (TPSA) is 92.8 Å². The molecule has 126 valence electrons. The Labute approximate surface area is 135 Å². The van der Waals surface area contributed by atoms with Crippen molar-refractivity contribution in [3.05, 3.63) is 24.3 Å². The Bertz CT molecular complexity index is 702. The van der Waals surface area contributed by atoms with Gasteiger partial charge in [-0.25, -0.2) is 8.42 Å². The maximum Gasteiger partial charge on any atom is 0.244 e. The van der Waals surface area contributed by atoms with E-state index in [0.717, 1.165) is 0 Å². The van der Waals surface area contributed by atoms with Gasteiger partial charge in [0.05, 0.1) is 18.6 Å². The molecule has 0 bridgehead atoms. The third-order valence-electron chi connectivity index (χ3n) is 3.72. The lowest BCUT2D eigenvalue weighted by Crippen LogP contribution is -2.44. The average Bonchev–Trinajstić information content (AvgIpc) is 2.84. The summed E-state index contributed by atoms with van der Waals surface area (Å²) in [7, 11) is -1.59. The van der Waals surface area contributed by atoms with Gasteiger partial charge in [0.25, 0.3) is 0 Å². The molecular weight excluding hydrogens is 320 g/mol. The number of carbonyl (C=O) groups is 2. The summed E-state index contributed by atoms with van der Waals surface area (Å²) >= 11 is 0. The Morgan fingerprint density at radius 1 is 1.39 bits per heavy atom. The van der Waals surface area contributed by atoms with E-state index in [1.165, 1.54) is 18.9 Å². The van der Waals surface area contributed by atoms with Gasteiger partial charge in [-0.2, -0.15) is 0 Å².